The van der Waals surface area contributed by atoms with Crippen LogP contribution in [0.4, 0.5) is 0 Å². The number of ether oxygens (including phenoxy) is 1. The Kier molecular flexibility index (Phi) is 4.66. The number of carbonyl (C=O) groups is 1. The molecule has 0 aliphatic heterocycles. The zero-order chi connectivity index (χ0) is 12.0. The van der Waals surface area contributed by atoms with Crippen molar-refractivity contribution in [3.8, 4) is 0 Å². The molecule has 4 heteroatoms. The number of hydrogen-bond donors (Lipinski definition) is 2. The van der Waals surface area contributed by atoms with Gasteiger partial charge in [0.05, 0.1) is 0 Å². The fourth-order valence-electron chi connectivity index (χ4n) is 1.30. The molecule has 0 unspecified atom stereocenters. The molecule has 0 radical (unpaired) electrons. The molecule has 0 fully saturated rings. The summed E-state index contributed by atoms with van der Waals surface area (Å²) in [4.78, 5) is 11.4. The molecule has 0 atom stereocenters. The van der Waals surface area contributed by atoms with Crippen molar-refractivity contribution in [1.82, 2.24) is 0 Å². The van der Waals surface area contributed by atoms with Crippen LogP contribution in [0.5, 0.6) is 0 Å². The summed E-state index contributed by atoms with van der Waals surface area (Å²) >= 11 is 0. The zero-order valence-electron chi connectivity index (χ0n) is 9.32. The number of nitrogen functional groups attached to an aromatic ring is 1. The van der Waals surface area contributed by atoms with Crippen LogP contribution in [-0.2, 0) is 16.0 Å². The Balaban J connectivity index is 2.55. The van der Waals surface area contributed by atoms with Gasteiger partial charge >= 0.3 is 0 Å². The Hall–Kier alpha value is -1.68. The SMILES string of the molecule is CCOCC(=O)Cc1ccc(C(=N)N)cc1. The first-order chi connectivity index (χ1) is 7.63. The highest BCUT2D eigenvalue weighted by Gasteiger charge is 2.04. The number of amidine groups is 1. The lowest BCUT2D eigenvalue weighted by Gasteiger charge is -2.03. The fraction of sp³-hybridized carbons (Fsp3) is 0.333. The van der Waals surface area contributed by atoms with Crippen LogP contribution in [0.15, 0.2) is 24.3 Å². The van der Waals surface area contributed by atoms with Crippen molar-refractivity contribution in [1.29, 1.82) is 5.41 Å². The number of carbonyl (C=O) groups excluding carboxylic acids is 1. The van der Waals surface area contributed by atoms with Gasteiger partial charge in [-0.05, 0) is 12.5 Å². The summed E-state index contributed by atoms with van der Waals surface area (Å²) in [6, 6.07) is 7.10. The Bertz CT molecular complexity index is 371. The molecule has 0 amide bonds. The third-order valence-corrected chi connectivity index (χ3v) is 2.13. The molecule has 1 aromatic carbocycles. The minimum absolute atomic E-state index is 0.0344. The van der Waals surface area contributed by atoms with Crippen LogP contribution in [0.3, 0.4) is 0 Å². The predicted molar refractivity (Wildman–Crippen MR) is 62.7 cm³/mol. The van der Waals surface area contributed by atoms with Crippen LogP contribution >= 0.6 is 0 Å². The fourth-order valence-corrected chi connectivity index (χ4v) is 1.30. The maximum atomic E-state index is 11.4. The van der Waals surface area contributed by atoms with Gasteiger partial charge in [0, 0.05) is 18.6 Å². The molecule has 0 bridgehead atoms. The molecule has 1 aromatic rings. The number of nitrogens with one attached hydrogen (secondary N) is 1. The maximum Gasteiger partial charge on any atom is 0.162 e. The highest BCUT2D eigenvalue weighted by Crippen LogP contribution is 2.05. The topological polar surface area (TPSA) is 76.2 Å². The highest BCUT2D eigenvalue weighted by molar-refractivity contribution is 5.95. The number of nitrogens with two attached hydrogens (primary N) is 1. The molecule has 16 heavy (non-hydrogen) atoms. The molecular weight excluding hydrogens is 204 g/mol. The average Bonchev–Trinajstić information content (AvgIpc) is 2.27. The molecule has 0 spiro atoms. The number of Topliss-reactive ketones (excluding diaryl/α,β-unsaturated/α-hetero) is 1. The van der Waals surface area contributed by atoms with Crippen molar-refractivity contribution >= 4 is 11.6 Å². The predicted octanol–water partition coefficient (Wildman–Crippen LogP) is 1.12. The van der Waals surface area contributed by atoms with Crippen molar-refractivity contribution < 1.29 is 9.53 Å². The summed E-state index contributed by atoms with van der Waals surface area (Å²) in [6.07, 6.45) is 0.359. The van der Waals surface area contributed by atoms with Gasteiger partial charge in [0.15, 0.2) is 5.78 Å². The van der Waals surface area contributed by atoms with Crippen molar-refractivity contribution in [2.75, 3.05) is 13.2 Å². The normalized spacial score (nSPS) is 10.1. The number of benzene rings is 1. The van der Waals surface area contributed by atoms with Crippen LogP contribution in [-0.4, -0.2) is 24.8 Å². The standard InChI is InChI=1S/C12H16N2O2/c1-2-16-8-11(15)7-9-3-5-10(6-4-9)12(13)14/h3-6H,2,7-8H2,1H3,(H3,13,14). The molecule has 0 saturated heterocycles. The van der Waals surface area contributed by atoms with Crippen LogP contribution in [0.1, 0.15) is 18.1 Å². The first-order valence-electron chi connectivity index (χ1n) is 5.16. The lowest BCUT2D eigenvalue weighted by molar-refractivity contribution is -0.122. The Morgan fingerprint density at radius 3 is 2.50 bits per heavy atom. The molecule has 86 valence electrons. The lowest BCUT2D eigenvalue weighted by Crippen LogP contribution is -2.13. The Morgan fingerprint density at radius 1 is 1.38 bits per heavy atom. The monoisotopic (exact) mass is 220 g/mol. The summed E-state index contributed by atoms with van der Waals surface area (Å²) in [5.41, 5.74) is 6.91. The molecule has 0 aromatic heterocycles. The molecule has 0 aliphatic rings. The third-order valence-electron chi connectivity index (χ3n) is 2.13. The van der Waals surface area contributed by atoms with Gasteiger partial charge in [-0.15, -0.1) is 0 Å². The summed E-state index contributed by atoms with van der Waals surface area (Å²) in [5.74, 6) is 0.0876. The Labute approximate surface area is 94.9 Å². The average molecular weight is 220 g/mol. The van der Waals surface area contributed by atoms with E-state index in [0.717, 1.165) is 5.56 Å². The van der Waals surface area contributed by atoms with Gasteiger partial charge in [-0.3, -0.25) is 10.2 Å². The lowest BCUT2D eigenvalue weighted by atomic mass is 10.1. The number of ketones is 1. The van der Waals surface area contributed by atoms with Gasteiger partial charge in [0.1, 0.15) is 12.4 Å². The quantitative estimate of drug-likeness (QED) is 0.557. The second kappa shape index (κ2) is 6.02. The van der Waals surface area contributed by atoms with Gasteiger partial charge in [-0.2, -0.15) is 0 Å². The van der Waals surface area contributed by atoms with E-state index in [1.807, 2.05) is 6.92 Å². The summed E-state index contributed by atoms with van der Waals surface area (Å²) in [7, 11) is 0. The summed E-state index contributed by atoms with van der Waals surface area (Å²) < 4.78 is 5.03. The van der Waals surface area contributed by atoms with E-state index in [9.17, 15) is 4.79 Å². The van der Waals surface area contributed by atoms with Gasteiger partial charge in [-0.1, -0.05) is 24.3 Å². The summed E-state index contributed by atoms with van der Waals surface area (Å²) in [5, 5.41) is 7.23. The number of hydrogen-bond acceptors (Lipinski definition) is 3. The van der Waals surface area contributed by atoms with E-state index in [4.69, 9.17) is 15.9 Å². The molecule has 4 nitrogen and oxygen atoms in total. The van der Waals surface area contributed by atoms with Crippen LogP contribution < -0.4 is 5.73 Å². The van der Waals surface area contributed by atoms with E-state index in [2.05, 4.69) is 0 Å². The minimum Gasteiger partial charge on any atom is -0.384 e. The van der Waals surface area contributed by atoms with Gasteiger partial charge in [-0.25, -0.2) is 0 Å². The Morgan fingerprint density at radius 2 is 2.00 bits per heavy atom. The van der Waals surface area contributed by atoms with Crippen LogP contribution in [0.2, 0.25) is 0 Å². The summed E-state index contributed by atoms with van der Waals surface area (Å²) in [6.45, 7) is 2.56. The minimum atomic E-state index is 0.0344. The van der Waals surface area contributed by atoms with E-state index in [-0.39, 0.29) is 18.2 Å². The van der Waals surface area contributed by atoms with Gasteiger partial charge < -0.3 is 10.5 Å². The van der Waals surface area contributed by atoms with Crippen LogP contribution in [0, 0.1) is 5.41 Å². The first-order valence-corrected chi connectivity index (χ1v) is 5.16. The second-order valence-electron chi connectivity index (χ2n) is 3.46. The van der Waals surface area contributed by atoms with Gasteiger partial charge in [0.2, 0.25) is 0 Å². The molecule has 3 N–H and O–H groups in total. The van der Waals surface area contributed by atoms with E-state index in [0.29, 0.717) is 18.6 Å². The molecule has 0 aliphatic carbocycles. The first kappa shape index (κ1) is 12.4. The molecule has 0 heterocycles. The third kappa shape index (κ3) is 3.82. The van der Waals surface area contributed by atoms with Crippen molar-refractivity contribution in [3.63, 3.8) is 0 Å². The zero-order valence-corrected chi connectivity index (χ0v) is 9.32. The molecule has 1 rings (SSSR count). The van der Waals surface area contributed by atoms with E-state index >= 15 is 0 Å². The molecule has 0 saturated carbocycles. The van der Waals surface area contributed by atoms with Crippen molar-refractivity contribution in [2.45, 2.75) is 13.3 Å². The van der Waals surface area contributed by atoms with E-state index in [1.165, 1.54) is 0 Å². The van der Waals surface area contributed by atoms with E-state index in [1.54, 1.807) is 24.3 Å². The van der Waals surface area contributed by atoms with Crippen LogP contribution in [0.25, 0.3) is 0 Å². The van der Waals surface area contributed by atoms with Crippen molar-refractivity contribution in [2.24, 2.45) is 5.73 Å². The maximum absolute atomic E-state index is 11.4. The second-order valence-corrected chi connectivity index (χ2v) is 3.46. The smallest absolute Gasteiger partial charge is 0.162 e. The highest BCUT2D eigenvalue weighted by atomic mass is 16.5. The van der Waals surface area contributed by atoms with E-state index < -0.39 is 0 Å². The van der Waals surface area contributed by atoms with Crippen molar-refractivity contribution in [3.05, 3.63) is 35.4 Å². The largest absolute Gasteiger partial charge is 0.384 e. The number of rotatable bonds is 6. The molecular formula is C12H16N2O2. The van der Waals surface area contributed by atoms with Gasteiger partial charge in [0.25, 0.3) is 0 Å².